The van der Waals surface area contributed by atoms with Crippen LogP contribution in [0.4, 0.5) is 0 Å². The fourth-order valence-electron chi connectivity index (χ4n) is 2.92. The van der Waals surface area contributed by atoms with Crippen molar-refractivity contribution in [2.24, 2.45) is 7.05 Å². The molecule has 120 valence electrons. The Balaban J connectivity index is 1.52. The number of nitrogens with one attached hydrogen (secondary N) is 1. The highest BCUT2D eigenvalue weighted by atomic mass is 16.3. The molecule has 2 aromatic rings. The van der Waals surface area contributed by atoms with Crippen LogP contribution < -0.4 is 5.32 Å². The zero-order chi connectivity index (χ0) is 16.4. The number of amides is 1. The molecule has 1 aromatic carbocycles. The van der Waals surface area contributed by atoms with E-state index in [2.05, 4.69) is 10.4 Å². The van der Waals surface area contributed by atoms with Crippen LogP contribution in [0.5, 0.6) is 0 Å². The first-order chi connectivity index (χ1) is 11.0. The molecule has 0 bridgehead atoms. The fourth-order valence-corrected chi connectivity index (χ4v) is 2.92. The van der Waals surface area contributed by atoms with Gasteiger partial charge >= 0.3 is 0 Å². The number of rotatable bonds is 5. The van der Waals surface area contributed by atoms with E-state index in [0.29, 0.717) is 12.0 Å². The van der Waals surface area contributed by atoms with E-state index in [0.717, 1.165) is 11.1 Å². The number of hydrogen-bond donors (Lipinski definition) is 2. The number of carbonyl (C=O) groups excluding carboxylic acids is 2. The largest absolute Gasteiger partial charge is 0.386 e. The Morgan fingerprint density at radius 3 is 2.83 bits per heavy atom. The molecule has 1 amide bonds. The Kier molecular flexibility index (Phi) is 4.25. The topological polar surface area (TPSA) is 84.2 Å². The summed E-state index contributed by atoms with van der Waals surface area (Å²) in [6, 6.07) is 7.30. The molecular weight excluding hydrogens is 294 g/mol. The van der Waals surface area contributed by atoms with Crippen LogP contribution in [-0.2, 0) is 18.3 Å². The summed E-state index contributed by atoms with van der Waals surface area (Å²) in [5.41, 5.74) is 2.43. The first-order valence-corrected chi connectivity index (χ1v) is 7.61. The predicted molar refractivity (Wildman–Crippen MR) is 83.8 cm³/mol. The molecule has 0 spiro atoms. The van der Waals surface area contributed by atoms with Crippen LogP contribution in [0.3, 0.4) is 0 Å². The summed E-state index contributed by atoms with van der Waals surface area (Å²) in [6.45, 7) is 0. The van der Waals surface area contributed by atoms with Crippen molar-refractivity contribution in [1.82, 2.24) is 15.1 Å². The molecule has 1 aromatic heterocycles. The van der Waals surface area contributed by atoms with Crippen molar-refractivity contribution in [2.45, 2.75) is 31.4 Å². The van der Waals surface area contributed by atoms with Gasteiger partial charge in [-0.3, -0.25) is 14.3 Å². The van der Waals surface area contributed by atoms with Crippen molar-refractivity contribution in [3.8, 4) is 0 Å². The van der Waals surface area contributed by atoms with Crippen LogP contribution in [0.15, 0.2) is 36.7 Å². The number of aromatic nitrogens is 2. The lowest BCUT2D eigenvalue weighted by molar-refractivity contribution is -0.122. The van der Waals surface area contributed by atoms with Crippen molar-refractivity contribution < 1.29 is 14.7 Å². The van der Waals surface area contributed by atoms with E-state index in [4.69, 9.17) is 0 Å². The van der Waals surface area contributed by atoms with Gasteiger partial charge in [0, 0.05) is 26.1 Å². The zero-order valence-corrected chi connectivity index (χ0v) is 12.9. The standard InChI is InChI=1S/C17H19N3O3/c1-20-10-12(9-18-20)15(21)6-7-16(22)19-14-8-11-4-2-3-5-13(11)17(14)23/h2-5,9-10,14,17,23H,6-8H2,1H3,(H,19,22)/t14-,17-/m0/s1. The van der Waals surface area contributed by atoms with Gasteiger partial charge in [0.15, 0.2) is 5.78 Å². The highest BCUT2D eigenvalue weighted by Crippen LogP contribution is 2.31. The second-order valence-corrected chi connectivity index (χ2v) is 5.85. The minimum Gasteiger partial charge on any atom is -0.386 e. The SMILES string of the molecule is Cn1cc(C(=O)CCC(=O)N[C@H]2Cc3ccccc3[C@@H]2O)cn1. The number of Topliss-reactive ketones (excluding diaryl/α,β-unsaturated/α-hetero) is 1. The monoisotopic (exact) mass is 313 g/mol. The lowest BCUT2D eigenvalue weighted by Gasteiger charge is -2.16. The van der Waals surface area contributed by atoms with Crippen molar-refractivity contribution in [3.05, 3.63) is 53.3 Å². The summed E-state index contributed by atoms with van der Waals surface area (Å²) >= 11 is 0. The molecule has 0 radical (unpaired) electrons. The third kappa shape index (κ3) is 3.32. The van der Waals surface area contributed by atoms with E-state index >= 15 is 0 Å². The molecule has 23 heavy (non-hydrogen) atoms. The maximum Gasteiger partial charge on any atom is 0.220 e. The van der Waals surface area contributed by atoms with Crippen LogP contribution >= 0.6 is 0 Å². The lowest BCUT2D eigenvalue weighted by Crippen LogP contribution is -2.37. The fraction of sp³-hybridized carbons (Fsp3) is 0.353. The predicted octanol–water partition coefficient (Wildman–Crippen LogP) is 1.16. The van der Waals surface area contributed by atoms with Crippen LogP contribution in [0, 0.1) is 0 Å². The third-order valence-electron chi connectivity index (χ3n) is 4.15. The normalized spacial score (nSPS) is 19.4. The van der Waals surface area contributed by atoms with Crippen molar-refractivity contribution >= 4 is 11.7 Å². The van der Waals surface area contributed by atoms with Gasteiger partial charge in [0.25, 0.3) is 0 Å². The van der Waals surface area contributed by atoms with E-state index in [9.17, 15) is 14.7 Å². The maximum atomic E-state index is 12.0. The van der Waals surface area contributed by atoms with Crippen molar-refractivity contribution in [1.29, 1.82) is 0 Å². The van der Waals surface area contributed by atoms with Gasteiger partial charge in [-0.05, 0) is 17.5 Å². The number of carbonyl (C=O) groups is 2. The summed E-state index contributed by atoms with van der Waals surface area (Å²) in [4.78, 5) is 24.0. The minimum absolute atomic E-state index is 0.104. The summed E-state index contributed by atoms with van der Waals surface area (Å²) < 4.78 is 1.55. The number of benzene rings is 1. The second kappa shape index (κ2) is 6.34. The molecule has 1 aliphatic rings. The van der Waals surface area contributed by atoms with Gasteiger partial charge in [0.2, 0.25) is 5.91 Å². The molecule has 0 fully saturated rings. The van der Waals surface area contributed by atoms with Crippen molar-refractivity contribution in [2.75, 3.05) is 0 Å². The molecule has 0 saturated heterocycles. The summed E-state index contributed by atoms with van der Waals surface area (Å²) in [5, 5.41) is 17.0. The number of nitrogens with zero attached hydrogens (tertiary/aromatic N) is 2. The van der Waals surface area contributed by atoms with Gasteiger partial charge in [-0.1, -0.05) is 24.3 Å². The van der Waals surface area contributed by atoms with Gasteiger partial charge in [0.1, 0.15) is 0 Å². The molecule has 0 saturated carbocycles. The Morgan fingerprint density at radius 2 is 2.13 bits per heavy atom. The Hall–Kier alpha value is -2.47. The minimum atomic E-state index is -0.691. The number of hydrogen-bond acceptors (Lipinski definition) is 4. The molecule has 0 aliphatic heterocycles. The van der Waals surface area contributed by atoms with Gasteiger partial charge in [-0.15, -0.1) is 0 Å². The number of ketones is 1. The van der Waals surface area contributed by atoms with E-state index in [1.807, 2.05) is 24.3 Å². The number of aliphatic hydroxyl groups is 1. The number of aliphatic hydroxyl groups excluding tert-OH is 1. The lowest BCUT2D eigenvalue weighted by atomic mass is 10.1. The quantitative estimate of drug-likeness (QED) is 0.811. The average Bonchev–Trinajstić information content (AvgIpc) is 3.10. The van der Waals surface area contributed by atoms with E-state index in [1.165, 1.54) is 6.20 Å². The molecule has 0 unspecified atom stereocenters. The Labute approximate surface area is 134 Å². The molecule has 3 rings (SSSR count). The summed E-state index contributed by atoms with van der Waals surface area (Å²) in [5.74, 6) is -0.331. The number of fused-ring (bicyclic) bond motifs is 1. The average molecular weight is 313 g/mol. The zero-order valence-electron chi connectivity index (χ0n) is 12.9. The van der Waals surface area contributed by atoms with Gasteiger partial charge in [-0.2, -0.15) is 5.10 Å². The van der Waals surface area contributed by atoms with Crippen molar-refractivity contribution in [3.63, 3.8) is 0 Å². The van der Waals surface area contributed by atoms with Gasteiger partial charge in [-0.25, -0.2) is 0 Å². The second-order valence-electron chi connectivity index (χ2n) is 5.85. The number of aryl methyl sites for hydroxylation is 1. The van der Waals surface area contributed by atoms with E-state index in [-0.39, 0.29) is 30.6 Å². The molecule has 6 nitrogen and oxygen atoms in total. The smallest absolute Gasteiger partial charge is 0.220 e. The first-order valence-electron chi connectivity index (χ1n) is 7.61. The molecule has 6 heteroatoms. The molecule has 2 atom stereocenters. The molecular formula is C17H19N3O3. The molecule has 1 aliphatic carbocycles. The van der Waals surface area contributed by atoms with Gasteiger partial charge in [0.05, 0.1) is 23.9 Å². The summed E-state index contributed by atoms with van der Waals surface area (Å²) in [7, 11) is 1.74. The molecule has 2 N–H and O–H groups in total. The van der Waals surface area contributed by atoms with E-state index < -0.39 is 6.10 Å². The van der Waals surface area contributed by atoms with Crippen LogP contribution in [0.25, 0.3) is 0 Å². The van der Waals surface area contributed by atoms with Crippen LogP contribution in [0.1, 0.15) is 40.4 Å². The third-order valence-corrected chi connectivity index (χ3v) is 4.15. The Bertz CT molecular complexity index is 738. The molecule has 1 heterocycles. The van der Waals surface area contributed by atoms with Gasteiger partial charge < -0.3 is 10.4 Å². The van der Waals surface area contributed by atoms with E-state index in [1.54, 1.807) is 17.9 Å². The maximum absolute atomic E-state index is 12.0. The first kappa shape index (κ1) is 15.4. The highest BCUT2D eigenvalue weighted by molar-refractivity contribution is 5.97. The van der Waals surface area contributed by atoms with Crippen LogP contribution in [-0.4, -0.2) is 32.6 Å². The van der Waals surface area contributed by atoms with Crippen LogP contribution in [0.2, 0.25) is 0 Å². The Morgan fingerprint density at radius 1 is 1.35 bits per heavy atom. The summed E-state index contributed by atoms with van der Waals surface area (Å²) in [6.07, 6.45) is 3.29. The highest BCUT2D eigenvalue weighted by Gasteiger charge is 2.31.